The predicted molar refractivity (Wildman–Crippen MR) is 113 cm³/mol. The number of nitrogens with one attached hydrogen (secondary N) is 2. The molecule has 4 atom stereocenters. The SMILES string of the molecule is NC(N)=NCCCC(NC(=O)C(CC(=O)O)NC(=O)C1CCCN1C(=O)C(N)CO)C(=O)O. The molecule has 15 heteroatoms. The zero-order valence-corrected chi connectivity index (χ0v) is 18.0. The van der Waals surface area contributed by atoms with Crippen molar-refractivity contribution in [3.8, 4) is 0 Å². The first-order valence-electron chi connectivity index (χ1n) is 10.3. The van der Waals surface area contributed by atoms with E-state index in [4.69, 9.17) is 27.4 Å². The number of aliphatic carboxylic acids is 2. The van der Waals surface area contributed by atoms with Crippen molar-refractivity contribution in [2.45, 2.75) is 56.3 Å². The van der Waals surface area contributed by atoms with Crippen LogP contribution in [0.5, 0.6) is 0 Å². The van der Waals surface area contributed by atoms with Gasteiger partial charge in [0.1, 0.15) is 24.2 Å². The number of nitrogens with zero attached hydrogens (tertiary/aromatic N) is 2. The fourth-order valence-electron chi connectivity index (χ4n) is 3.28. The number of carbonyl (C=O) groups is 5. The largest absolute Gasteiger partial charge is 0.481 e. The minimum Gasteiger partial charge on any atom is -0.481 e. The minimum absolute atomic E-state index is 0.0461. The number of carboxylic acids is 2. The molecule has 0 aromatic carbocycles. The number of rotatable bonds is 13. The van der Waals surface area contributed by atoms with E-state index in [1.165, 1.54) is 0 Å². The molecule has 0 aromatic rings. The Kier molecular flexibility index (Phi) is 11.0. The molecule has 0 radical (unpaired) electrons. The summed E-state index contributed by atoms with van der Waals surface area (Å²) < 4.78 is 0. The van der Waals surface area contributed by atoms with Crippen LogP contribution in [0.25, 0.3) is 0 Å². The van der Waals surface area contributed by atoms with Crippen LogP contribution >= 0.6 is 0 Å². The monoisotopic (exact) mass is 473 g/mol. The topological polar surface area (TPSA) is 264 Å². The molecular weight excluding hydrogens is 442 g/mol. The third-order valence-electron chi connectivity index (χ3n) is 4.92. The highest BCUT2D eigenvalue weighted by Crippen LogP contribution is 2.18. The summed E-state index contributed by atoms with van der Waals surface area (Å²) in [6.45, 7) is -0.288. The molecule has 15 nitrogen and oxygen atoms in total. The van der Waals surface area contributed by atoms with Crippen molar-refractivity contribution in [2.24, 2.45) is 22.2 Å². The van der Waals surface area contributed by atoms with Gasteiger partial charge in [-0.05, 0) is 25.7 Å². The van der Waals surface area contributed by atoms with Gasteiger partial charge in [-0.1, -0.05) is 0 Å². The summed E-state index contributed by atoms with van der Waals surface area (Å²) >= 11 is 0. The summed E-state index contributed by atoms with van der Waals surface area (Å²) in [5.74, 6) is -5.39. The van der Waals surface area contributed by atoms with E-state index in [0.717, 1.165) is 4.90 Å². The van der Waals surface area contributed by atoms with E-state index in [1.54, 1.807) is 0 Å². The van der Waals surface area contributed by atoms with Crippen molar-refractivity contribution < 1.29 is 39.3 Å². The van der Waals surface area contributed by atoms with E-state index < -0.39 is 66.9 Å². The minimum atomic E-state index is -1.58. The van der Waals surface area contributed by atoms with Gasteiger partial charge in [-0.25, -0.2) is 4.79 Å². The molecule has 11 N–H and O–H groups in total. The van der Waals surface area contributed by atoms with E-state index in [-0.39, 0.29) is 38.3 Å². The first-order valence-corrected chi connectivity index (χ1v) is 10.3. The van der Waals surface area contributed by atoms with E-state index >= 15 is 0 Å². The average Bonchev–Trinajstić information content (AvgIpc) is 3.23. The second kappa shape index (κ2) is 13.2. The number of nitrogens with two attached hydrogens (primary N) is 3. The fourth-order valence-corrected chi connectivity index (χ4v) is 3.28. The Labute approximate surface area is 189 Å². The lowest BCUT2D eigenvalue weighted by Gasteiger charge is -2.28. The summed E-state index contributed by atoms with van der Waals surface area (Å²) in [5.41, 5.74) is 15.9. The fraction of sp³-hybridized carbons (Fsp3) is 0.667. The van der Waals surface area contributed by atoms with Gasteiger partial charge in [0.05, 0.1) is 13.0 Å². The number of carbonyl (C=O) groups excluding carboxylic acids is 3. The van der Waals surface area contributed by atoms with E-state index in [0.29, 0.717) is 6.42 Å². The maximum absolute atomic E-state index is 12.7. The highest BCUT2D eigenvalue weighted by atomic mass is 16.4. The number of amides is 3. The van der Waals surface area contributed by atoms with Gasteiger partial charge in [0.25, 0.3) is 0 Å². The van der Waals surface area contributed by atoms with Gasteiger partial charge in [0.2, 0.25) is 17.7 Å². The number of aliphatic hydroxyl groups excluding tert-OH is 1. The van der Waals surface area contributed by atoms with Crippen molar-refractivity contribution in [3.63, 3.8) is 0 Å². The van der Waals surface area contributed by atoms with Gasteiger partial charge < -0.3 is 48.1 Å². The average molecular weight is 473 g/mol. The number of likely N-dealkylation sites (tertiary alicyclic amines) is 1. The Balaban J connectivity index is 2.86. The van der Waals surface area contributed by atoms with Gasteiger partial charge in [0, 0.05) is 13.1 Å². The zero-order chi connectivity index (χ0) is 25.1. The molecule has 0 aromatic heterocycles. The number of hydrogen-bond donors (Lipinski definition) is 8. The summed E-state index contributed by atoms with van der Waals surface area (Å²) in [6, 6.07) is -5.17. The molecule has 0 spiro atoms. The lowest BCUT2D eigenvalue weighted by Crippen LogP contribution is -2.57. The molecule has 0 bridgehead atoms. The van der Waals surface area contributed by atoms with Crippen LogP contribution in [0.1, 0.15) is 32.1 Å². The molecule has 3 amide bonds. The highest BCUT2D eigenvalue weighted by Gasteiger charge is 2.38. The van der Waals surface area contributed by atoms with Crippen LogP contribution in [0.4, 0.5) is 0 Å². The molecule has 1 rings (SSSR count). The summed E-state index contributed by atoms with van der Waals surface area (Å²) in [4.78, 5) is 65.2. The Morgan fingerprint density at radius 3 is 2.30 bits per heavy atom. The second-order valence-corrected chi connectivity index (χ2v) is 7.49. The van der Waals surface area contributed by atoms with Gasteiger partial charge >= 0.3 is 11.9 Å². The molecule has 1 aliphatic heterocycles. The number of aliphatic imine (C=N–C) groups is 1. The summed E-state index contributed by atoms with van der Waals surface area (Å²) in [5, 5.41) is 32.0. The maximum Gasteiger partial charge on any atom is 0.326 e. The Bertz CT molecular complexity index is 771. The van der Waals surface area contributed by atoms with Crippen LogP contribution in [0.2, 0.25) is 0 Å². The molecule has 4 unspecified atom stereocenters. The molecule has 1 heterocycles. The number of aliphatic hydroxyl groups is 1. The molecule has 0 saturated carbocycles. The van der Waals surface area contributed by atoms with Crippen LogP contribution in [0, 0.1) is 0 Å². The van der Waals surface area contributed by atoms with Crippen molar-refractivity contribution >= 4 is 35.6 Å². The smallest absolute Gasteiger partial charge is 0.326 e. The molecule has 0 aliphatic carbocycles. The van der Waals surface area contributed by atoms with Crippen LogP contribution in [0.3, 0.4) is 0 Å². The second-order valence-electron chi connectivity index (χ2n) is 7.49. The third kappa shape index (κ3) is 8.89. The zero-order valence-electron chi connectivity index (χ0n) is 18.0. The van der Waals surface area contributed by atoms with Gasteiger partial charge in [0.15, 0.2) is 5.96 Å². The molecule has 186 valence electrons. The van der Waals surface area contributed by atoms with E-state index in [1.807, 2.05) is 0 Å². The lowest BCUT2D eigenvalue weighted by atomic mass is 10.1. The van der Waals surface area contributed by atoms with Crippen molar-refractivity contribution in [1.29, 1.82) is 0 Å². The first-order chi connectivity index (χ1) is 15.5. The maximum atomic E-state index is 12.7. The normalized spacial score (nSPS) is 18.0. The quantitative estimate of drug-likeness (QED) is 0.0723. The summed E-state index contributed by atoms with van der Waals surface area (Å²) in [6.07, 6.45) is 0.0773. The number of guanidine groups is 1. The van der Waals surface area contributed by atoms with Gasteiger partial charge in [-0.3, -0.25) is 24.2 Å². The van der Waals surface area contributed by atoms with Crippen molar-refractivity contribution in [3.05, 3.63) is 0 Å². The molecule has 33 heavy (non-hydrogen) atoms. The number of hydrogen-bond acceptors (Lipinski definition) is 8. The molecule has 1 fully saturated rings. The van der Waals surface area contributed by atoms with E-state index in [9.17, 15) is 29.1 Å². The van der Waals surface area contributed by atoms with Gasteiger partial charge in [-0.2, -0.15) is 0 Å². The lowest BCUT2D eigenvalue weighted by molar-refractivity contribution is -0.145. The van der Waals surface area contributed by atoms with Gasteiger partial charge in [-0.15, -0.1) is 0 Å². The Hall–Kier alpha value is -3.46. The highest BCUT2D eigenvalue weighted by molar-refractivity contribution is 5.95. The Morgan fingerprint density at radius 1 is 1.09 bits per heavy atom. The molecular formula is C18H31N7O8. The van der Waals surface area contributed by atoms with Crippen LogP contribution < -0.4 is 27.8 Å². The molecule has 1 saturated heterocycles. The van der Waals surface area contributed by atoms with Crippen LogP contribution in [0.15, 0.2) is 4.99 Å². The standard InChI is InChI=1S/C18H31N7O8/c19-9(8-26)16(31)25-6-2-4-12(25)15(30)24-11(7-13(27)28)14(29)23-10(17(32)33)3-1-5-22-18(20)21/h9-12,26H,1-8,19H2,(H,23,29)(H,24,30)(H,27,28)(H,32,33)(H4,20,21,22). The Morgan fingerprint density at radius 2 is 1.76 bits per heavy atom. The van der Waals surface area contributed by atoms with Crippen molar-refractivity contribution in [1.82, 2.24) is 15.5 Å². The van der Waals surface area contributed by atoms with E-state index in [2.05, 4.69) is 15.6 Å². The molecule has 1 aliphatic rings. The predicted octanol–water partition coefficient (Wildman–Crippen LogP) is -4.12. The summed E-state index contributed by atoms with van der Waals surface area (Å²) in [7, 11) is 0. The third-order valence-corrected chi connectivity index (χ3v) is 4.92. The first kappa shape index (κ1) is 27.6. The van der Waals surface area contributed by atoms with Crippen LogP contribution in [-0.4, -0.2) is 99.7 Å². The number of carboxylic acid groups (broad SMARTS) is 2. The van der Waals surface area contributed by atoms with Crippen molar-refractivity contribution in [2.75, 3.05) is 19.7 Å². The van der Waals surface area contributed by atoms with Crippen LogP contribution in [-0.2, 0) is 24.0 Å².